The molecule has 5 heteroatoms. The number of rotatable bonds is 19. The summed E-state index contributed by atoms with van der Waals surface area (Å²) in [4.78, 5) is 10.3. The maximum atomic E-state index is 10.3. The monoisotopic (exact) mass is 518 g/mol. The fourth-order valence-electron chi connectivity index (χ4n) is 3.28. The van der Waals surface area contributed by atoms with E-state index in [0.717, 1.165) is 24.7 Å². The zero-order valence-corrected chi connectivity index (χ0v) is 24.6. The van der Waals surface area contributed by atoms with Crippen molar-refractivity contribution in [1.82, 2.24) is 0 Å². The van der Waals surface area contributed by atoms with Crippen LogP contribution < -0.4 is 0 Å². The molecule has 0 spiro atoms. The van der Waals surface area contributed by atoms with Gasteiger partial charge in [-0.15, -0.1) is 12.4 Å². The number of aliphatic carboxylic acids is 1. The number of halogens is 1. The molecule has 0 aliphatic rings. The molecule has 0 aliphatic carbocycles. The van der Waals surface area contributed by atoms with E-state index in [1.54, 1.807) is 0 Å². The van der Waals surface area contributed by atoms with Crippen LogP contribution >= 0.6 is 12.4 Å². The van der Waals surface area contributed by atoms with Gasteiger partial charge in [0, 0.05) is 22.9 Å². The smallest absolute Gasteiger partial charge is 0.303 e. The molecule has 0 bridgehead atoms. The van der Waals surface area contributed by atoms with E-state index in [1.807, 2.05) is 0 Å². The fourth-order valence-corrected chi connectivity index (χ4v) is 5.15. The van der Waals surface area contributed by atoms with Crippen LogP contribution in [0.1, 0.15) is 125 Å². The quantitative estimate of drug-likeness (QED) is 0.105. The Kier molecular flexibility index (Phi) is 40.9. The summed E-state index contributed by atoms with van der Waals surface area (Å²) in [5.41, 5.74) is 0. The average molecular weight is 520 g/mol. The van der Waals surface area contributed by atoms with Crippen LogP contribution in [-0.4, -0.2) is 26.3 Å². The van der Waals surface area contributed by atoms with Crippen molar-refractivity contribution in [2.24, 2.45) is 11.8 Å². The third-order valence-electron chi connectivity index (χ3n) is 5.22. The van der Waals surface area contributed by atoms with E-state index in [9.17, 15) is 4.79 Å². The first-order valence-electron chi connectivity index (χ1n) is 12.8. The van der Waals surface area contributed by atoms with Crippen molar-refractivity contribution >= 4 is 33.6 Å². The van der Waals surface area contributed by atoms with Crippen molar-refractivity contribution in [3.63, 3.8) is 0 Å². The van der Waals surface area contributed by atoms with E-state index in [4.69, 9.17) is 5.11 Å². The molecular formula is C26H54AlClNiO2. The van der Waals surface area contributed by atoms with Crippen molar-refractivity contribution in [1.29, 1.82) is 0 Å². The standard InChI is InChI=1S/C18H34O2.2C4H9.Al.ClH.Ni.H/c1-2-3-4-5-6-7-8-9-10-11-12-13-14-15-16-17-18(19)20;2*1-4(2)3;;;;/h9-10H,2-8,11-17H2,1H3,(H,19,20);2*4H,1H2,2-3H3;;1H;;. The summed E-state index contributed by atoms with van der Waals surface area (Å²) >= 11 is 0.316. The number of carboxylic acids is 1. The molecule has 0 atom stereocenters. The van der Waals surface area contributed by atoms with Crippen molar-refractivity contribution in [2.75, 3.05) is 0 Å². The zero-order valence-electron chi connectivity index (χ0n) is 21.4. The number of allylic oxidation sites excluding steroid dienone is 2. The van der Waals surface area contributed by atoms with E-state index in [2.05, 4.69) is 46.8 Å². The third-order valence-corrected chi connectivity index (χ3v) is 8.34. The first kappa shape index (κ1) is 38.8. The maximum absolute atomic E-state index is 10.3. The Labute approximate surface area is 218 Å². The molecule has 0 aromatic carbocycles. The van der Waals surface area contributed by atoms with Crippen LogP contribution in [0.2, 0.25) is 10.6 Å². The second-order valence-corrected chi connectivity index (χ2v) is 11.3. The molecule has 31 heavy (non-hydrogen) atoms. The van der Waals surface area contributed by atoms with Crippen LogP contribution in [-0.2, 0) is 21.3 Å². The normalized spacial score (nSPS) is 10.4. The fraction of sp³-hybridized carbons (Fsp3) is 0.885. The molecule has 0 radical (unpaired) electrons. The molecule has 0 rings (SSSR count). The summed E-state index contributed by atoms with van der Waals surface area (Å²) in [7, 11) is 0. The van der Waals surface area contributed by atoms with Crippen LogP contribution in [0.5, 0.6) is 0 Å². The average Bonchev–Trinajstić information content (AvgIpc) is 2.64. The second kappa shape index (κ2) is 32.7. The van der Waals surface area contributed by atoms with Gasteiger partial charge in [0.2, 0.25) is 15.2 Å². The van der Waals surface area contributed by atoms with Gasteiger partial charge in [0.15, 0.2) is 0 Å². The minimum Gasteiger partial charge on any atom is -0.481 e. The van der Waals surface area contributed by atoms with Crippen LogP contribution in [0.15, 0.2) is 12.2 Å². The predicted octanol–water partition coefficient (Wildman–Crippen LogP) is 9.10. The molecule has 0 saturated carbocycles. The minimum atomic E-state index is -0.664. The molecule has 0 fully saturated rings. The number of carboxylic acid groups (broad SMARTS) is 1. The van der Waals surface area contributed by atoms with Gasteiger partial charge in [-0.05, 0) is 32.1 Å². The maximum Gasteiger partial charge on any atom is 0.303 e. The van der Waals surface area contributed by atoms with E-state index in [0.29, 0.717) is 21.6 Å². The summed E-state index contributed by atoms with van der Waals surface area (Å²) in [5.74, 6) is 1.24. The molecule has 0 saturated heterocycles. The van der Waals surface area contributed by atoms with Gasteiger partial charge in [-0.3, -0.25) is 4.79 Å². The van der Waals surface area contributed by atoms with Gasteiger partial charge in [-0.1, -0.05) is 121 Å². The molecule has 0 amide bonds. The van der Waals surface area contributed by atoms with Crippen molar-refractivity contribution < 1.29 is 26.4 Å². The van der Waals surface area contributed by atoms with E-state index in [-0.39, 0.29) is 28.9 Å². The summed E-state index contributed by atoms with van der Waals surface area (Å²) in [6.07, 6.45) is 21.2. The predicted molar refractivity (Wildman–Crippen MR) is 141 cm³/mol. The first-order valence-corrected chi connectivity index (χ1v) is 14.8. The molecule has 190 valence electrons. The zero-order chi connectivity index (χ0) is 22.2. The number of carbonyl (C=O) groups is 1. The summed E-state index contributed by atoms with van der Waals surface area (Å²) in [5, 5.41) is 11.6. The molecule has 2 nitrogen and oxygen atoms in total. The molecule has 0 unspecified atom stereocenters. The van der Waals surface area contributed by atoms with Gasteiger partial charge in [-0.2, -0.15) is 0 Å². The summed E-state index contributed by atoms with van der Waals surface area (Å²) < 4.78 is 0. The minimum absolute atomic E-state index is 0. The third kappa shape index (κ3) is 44.9. The summed E-state index contributed by atoms with van der Waals surface area (Å²) in [6, 6.07) is 0. The van der Waals surface area contributed by atoms with E-state index >= 15 is 0 Å². The largest absolute Gasteiger partial charge is 0.481 e. The SMILES string of the molecule is CC(C)[CH2][AlH][CH2]C(C)C.CCCCCCCCC=CCCCCCCCC(=O)O.Cl.[Ni]. The van der Waals surface area contributed by atoms with Gasteiger partial charge < -0.3 is 5.11 Å². The second-order valence-electron chi connectivity index (χ2n) is 9.45. The van der Waals surface area contributed by atoms with Crippen molar-refractivity contribution in [3.05, 3.63) is 12.2 Å². The topological polar surface area (TPSA) is 37.3 Å². The van der Waals surface area contributed by atoms with Crippen LogP contribution in [0, 0.1) is 11.8 Å². The number of unbranched alkanes of at least 4 members (excludes halogenated alkanes) is 11. The number of hydrogen-bond acceptors (Lipinski definition) is 1. The molecule has 0 heterocycles. The van der Waals surface area contributed by atoms with Gasteiger partial charge in [0.25, 0.3) is 0 Å². The van der Waals surface area contributed by atoms with Gasteiger partial charge in [0.05, 0.1) is 0 Å². The molecular weight excluding hydrogens is 465 g/mol. The van der Waals surface area contributed by atoms with Crippen molar-refractivity contribution in [3.8, 4) is 0 Å². The number of hydrogen-bond donors (Lipinski definition) is 1. The Morgan fingerprint density at radius 3 is 1.52 bits per heavy atom. The summed E-state index contributed by atoms with van der Waals surface area (Å²) in [6.45, 7) is 11.6. The van der Waals surface area contributed by atoms with E-state index in [1.165, 1.54) is 81.2 Å². The van der Waals surface area contributed by atoms with E-state index < -0.39 is 5.97 Å². The van der Waals surface area contributed by atoms with Crippen LogP contribution in [0.3, 0.4) is 0 Å². The van der Waals surface area contributed by atoms with Gasteiger partial charge >= 0.3 is 5.97 Å². The van der Waals surface area contributed by atoms with Gasteiger partial charge in [0.1, 0.15) is 0 Å². The first-order chi connectivity index (χ1) is 13.9. The Hall–Kier alpha value is 0.526. The van der Waals surface area contributed by atoms with Crippen molar-refractivity contribution in [2.45, 2.75) is 135 Å². The molecule has 1 N–H and O–H groups in total. The molecule has 0 aromatic heterocycles. The Morgan fingerprint density at radius 2 is 1.13 bits per heavy atom. The van der Waals surface area contributed by atoms with Crippen LogP contribution in [0.25, 0.3) is 0 Å². The van der Waals surface area contributed by atoms with Crippen LogP contribution in [0.4, 0.5) is 0 Å². The molecule has 0 aromatic rings. The molecule has 0 aliphatic heterocycles. The Balaban J connectivity index is -0.000000282. The Morgan fingerprint density at radius 1 is 0.742 bits per heavy atom. The Bertz CT molecular complexity index is 355. The van der Waals surface area contributed by atoms with Gasteiger partial charge in [-0.25, -0.2) is 0 Å².